The molecule has 2 aromatic rings. The van der Waals surface area contributed by atoms with Crippen LogP contribution in [0.2, 0.25) is 0 Å². The number of aromatic hydroxyl groups is 1. The first kappa shape index (κ1) is 22.4. The van der Waals surface area contributed by atoms with E-state index in [1.54, 1.807) is 12.4 Å². The highest BCUT2D eigenvalue weighted by atomic mass is 31.2. The number of nitrogens with zero attached hydrogens (tertiary/aromatic N) is 1. The minimum Gasteiger partial charge on any atom is -0.507 e. The van der Waals surface area contributed by atoms with Crippen LogP contribution in [0.5, 0.6) is 5.75 Å². The average molecular weight is 406 g/mol. The maximum absolute atomic E-state index is 13.5. The zero-order chi connectivity index (χ0) is 20.9. The van der Waals surface area contributed by atoms with E-state index in [1.807, 2.05) is 65.8 Å². The number of anilines is 1. The number of pyridine rings is 1. The smallest absolute Gasteiger partial charge is 0.333 e. The van der Waals surface area contributed by atoms with Crippen molar-refractivity contribution in [3.05, 3.63) is 53.3 Å². The summed E-state index contributed by atoms with van der Waals surface area (Å²) in [4.78, 5) is 4.14. The molecule has 0 amide bonds. The van der Waals surface area contributed by atoms with Crippen molar-refractivity contribution in [3.8, 4) is 5.75 Å². The van der Waals surface area contributed by atoms with Gasteiger partial charge in [-0.2, -0.15) is 0 Å². The lowest BCUT2D eigenvalue weighted by Crippen LogP contribution is -2.20. The van der Waals surface area contributed by atoms with Gasteiger partial charge >= 0.3 is 7.60 Å². The van der Waals surface area contributed by atoms with Gasteiger partial charge in [0, 0.05) is 12.4 Å². The van der Waals surface area contributed by atoms with E-state index in [9.17, 15) is 9.67 Å². The lowest BCUT2D eigenvalue weighted by Gasteiger charge is -2.28. The molecule has 1 aromatic carbocycles. The number of rotatable bonds is 9. The molecule has 1 heterocycles. The molecule has 28 heavy (non-hydrogen) atoms. The predicted molar refractivity (Wildman–Crippen MR) is 113 cm³/mol. The van der Waals surface area contributed by atoms with Gasteiger partial charge in [-0.05, 0) is 70.4 Å². The Morgan fingerprint density at radius 3 is 2.14 bits per heavy atom. The SMILES string of the molecule is Cc1cc(C(CP(=O)(OC(C)C)OC(C)C)Nc2cccnc2)cc(C)c1O. The third-order valence-corrected chi connectivity index (χ3v) is 6.37. The van der Waals surface area contributed by atoms with Crippen LogP contribution in [-0.2, 0) is 13.6 Å². The Morgan fingerprint density at radius 2 is 1.68 bits per heavy atom. The van der Waals surface area contributed by atoms with Gasteiger partial charge in [-0.15, -0.1) is 0 Å². The average Bonchev–Trinajstić information content (AvgIpc) is 2.58. The number of phenols is 1. The van der Waals surface area contributed by atoms with Gasteiger partial charge in [0.2, 0.25) is 0 Å². The van der Waals surface area contributed by atoms with E-state index in [-0.39, 0.29) is 30.2 Å². The molecule has 0 aliphatic rings. The molecule has 0 bridgehead atoms. The largest absolute Gasteiger partial charge is 0.507 e. The van der Waals surface area contributed by atoms with Gasteiger partial charge in [-0.3, -0.25) is 9.55 Å². The van der Waals surface area contributed by atoms with Crippen LogP contribution in [0.3, 0.4) is 0 Å². The van der Waals surface area contributed by atoms with Crippen LogP contribution in [0.1, 0.15) is 50.4 Å². The normalized spacial score (nSPS) is 13.1. The van der Waals surface area contributed by atoms with E-state index < -0.39 is 7.60 Å². The van der Waals surface area contributed by atoms with Crippen molar-refractivity contribution in [2.45, 2.75) is 59.8 Å². The van der Waals surface area contributed by atoms with Crippen molar-refractivity contribution in [2.24, 2.45) is 0 Å². The van der Waals surface area contributed by atoms with Crippen LogP contribution in [0.25, 0.3) is 0 Å². The summed E-state index contributed by atoms with van der Waals surface area (Å²) in [5.74, 6) is 0.268. The Labute approximate surface area is 167 Å². The third-order valence-electron chi connectivity index (χ3n) is 4.07. The summed E-state index contributed by atoms with van der Waals surface area (Å²) in [5.41, 5.74) is 3.22. The quantitative estimate of drug-likeness (QED) is 0.528. The third kappa shape index (κ3) is 6.33. The number of aromatic nitrogens is 1. The fourth-order valence-electron chi connectivity index (χ4n) is 3.05. The van der Waals surface area contributed by atoms with Gasteiger partial charge in [0.25, 0.3) is 0 Å². The van der Waals surface area contributed by atoms with Gasteiger partial charge in [-0.25, -0.2) is 0 Å². The highest BCUT2D eigenvalue weighted by Gasteiger charge is 2.33. The molecular weight excluding hydrogens is 375 g/mol. The summed E-state index contributed by atoms with van der Waals surface area (Å²) in [5, 5.41) is 13.5. The zero-order valence-corrected chi connectivity index (χ0v) is 18.4. The standard InChI is InChI=1S/C21H31N2O4P/c1-14(2)26-28(25,27-15(3)4)13-20(23-19-8-7-9-22-12-19)18-10-16(5)21(24)17(6)11-18/h7-12,14-15,20,23-24H,13H2,1-6H3. The first-order valence-electron chi connectivity index (χ1n) is 9.52. The minimum absolute atomic E-state index is 0.155. The lowest BCUT2D eigenvalue weighted by atomic mass is 10.0. The lowest BCUT2D eigenvalue weighted by molar-refractivity contribution is 0.142. The van der Waals surface area contributed by atoms with Crippen molar-refractivity contribution < 1.29 is 18.7 Å². The maximum Gasteiger partial charge on any atom is 0.333 e. The molecule has 0 aliphatic heterocycles. The Kier molecular flexibility index (Phi) is 7.64. The second kappa shape index (κ2) is 9.55. The van der Waals surface area contributed by atoms with Crippen molar-refractivity contribution in [2.75, 3.05) is 11.5 Å². The maximum atomic E-state index is 13.5. The number of hydrogen-bond acceptors (Lipinski definition) is 6. The molecule has 7 heteroatoms. The zero-order valence-electron chi connectivity index (χ0n) is 17.5. The van der Waals surface area contributed by atoms with Crippen molar-refractivity contribution in [3.63, 3.8) is 0 Å². The van der Waals surface area contributed by atoms with Gasteiger partial charge in [-0.1, -0.05) is 12.1 Å². The number of hydrogen-bond donors (Lipinski definition) is 2. The number of aryl methyl sites for hydroxylation is 2. The van der Waals surface area contributed by atoms with E-state index in [1.165, 1.54) is 0 Å². The Hall–Kier alpha value is -1.88. The van der Waals surface area contributed by atoms with E-state index in [2.05, 4.69) is 10.3 Å². The molecular formula is C21H31N2O4P. The molecule has 1 aromatic heterocycles. The van der Waals surface area contributed by atoms with E-state index in [4.69, 9.17) is 9.05 Å². The topological polar surface area (TPSA) is 80.7 Å². The molecule has 154 valence electrons. The summed E-state index contributed by atoms with van der Waals surface area (Å²) >= 11 is 0. The van der Waals surface area contributed by atoms with Crippen LogP contribution in [0.15, 0.2) is 36.7 Å². The molecule has 0 fully saturated rings. The van der Waals surface area contributed by atoms with Crippen LogP contribution < -0.4 is 5.32 Å². The van der Waals surface area contributed by atoms with Crippen LogP contribution in [0.4, 0.5) is 5.69 Å². The molecule has 2 N–H and O–H groups in total. The molecule has 2 rings (SSSR count). The fourth-order valence-corrected chi connectivity index (χ4v) is 5.31. The molecule has 1 unspecified atom stereocenters. The predicted octanol–water partition coefficient (Wildman–Crippen LogP) is 5.60. The molecule has 0 saturated heterocycles. The van der Waals surface area contributed by atoms with Gasteiger partial charge in [0.15, 0.2) is 0 Å². The van der Waals surface area contributed by atoms with Gasteiger partial charge < -0.3 is 19.5 Å². The summed E-state index contributed by atoms with van der Waals surface area (Å²) < 4.78 is 25.0. The van der Waals surface area contributed by atoms with Crippen LogP contribution in [-0.4, -0.2) is 28.5 Å². The van der Waals surface area contributed by atoms with E-state index >= 15 is 0 Å². The van der Waals surface area contributed by atoms with Crippen LogP contribution >= 0.6 is 7.60 Å². The van der Waals surface area contributed by atoms with Gasteiger partial charge in [0.05, 0.1) is 30.1 Å². The highest BCUT2D eigenvalue weighted by molar-refractivity contribution is 7.53. The first-order valence-corrected chi connectivity index (χ1v) is 11.2. The first-order chi connectivity index (χ1) is 13.1. The monoisotopic (exact) mass is 406 g/mol. The highest BCUT2D eigenvalue weighted by Crippen LogP contribution is 2.53. The summed E-state index contributed by atoms with van der Waals surface area (Å²) in [6.07, 6.45) is 3.11. The van der Waals surface area contributed by atoms with Crippen LogP contribution in [0, 0.1) is 13.8 Å². The molecule has 0 aliphatic carbocycles. The van der Waals surface area contributed by atoms with Crippen molar-refractivity contribution in [1.82, 2.24) is 4.98 Å². The number of phenolic OH excluding ortho intramolecular Hbond substituents is 1. The van der Waals surface area contributed by atoms with Crippen molar-refractivity contribution >= 4 is 13.3 Å². The number of nitrogens with one attached hydrogen (secondary N) is 1. The minimum atomic E-state index is -3.38. The Bertz CT molecular complexity index is 787. The Morgan fingerprint density at radius 1 is 1.11 bits per heavy atom. The summed E-state index contributed by atoms with van der Waals surface area (Å²) in [6, 6.07) is 7.18. The molecule has 0 spiro atoms. The summed E-state index contributed by atoms with van der Waals surface area (Å²) in [7, 11) is -3.38. The molecule has 0 saturated carbocycles. The van der Waals surface area contributed by atoms with Gasteiger partial charge in [0.1, 0.15) is 5.75 Å². The van der Waals surface area contributed by atoms with E-state index in [0.717, 1.165) is 22.4 Å². The fraction of sp³-hybridized carbons (Fsp3) is 0.476. The van der Waals surface area contributed by atoms with Crippen molar-refractivity contribution in [1.29, 1.82) is 0 Å². The number of benzene rings is 1. The Balaban J connectivity index is 2.43. The van der Waals surface area contributed by atoms with E-state index in [0.29, 0.717) is 0 Å². The second-order valence-electron chi connectivity index (χ2n) is 7.54. The molecule has 1 atom stereocenters. The second-order valence-corrected chi connectivity index (χ2v) is 9.55. The molecule has 6 nitrogen and oxygen atoms in total. The molecule has 0 radical (unpaired) electrons. The summed E-state index contributed by atoms with van der Waals surface area (Å²) in [6.45, 7) is 11.1.